The third kappa shape index (κ3) is 4.28. The van der Waals surface area contributed by atoms with Crippen molar-refractivity contribution in [2.24, 2.45) is 5.73 Å². The molecule has 0 saturated carbocycles. The third-order valence-electron chi connectivity index (χ3n) is 0.509. The molecule has 3 N–H and O–H groups in total. The van der Waals surface area contributed by atoms with Crippen molar-refractivity contribution in [2.45, 2.75) is 0 Å². The number of rotatable bonds is 3. The average Bonchev–Trinajstić information content (AvgIpc) is 1.83. The molecule has 8 heavy (non-hydrogen) atoms. The molecule has 0 saturated heterocycles. The van der Waals surface area contributed by atoms with Crippen LogP contribution in [0.3, 0.4) is 0 Å². The van der Waals surface area contributed by atoms with Crippen molar-refractivity contribution in [3.63, 3.8) is 0 Å². The SMILES string of the molecule is NCC(=O)NCOI. The van der Waals surface area contributed by atoms with E-state index in [2.05, 4.69) is 8.38 Å². The molecule has 0 bridgehead atoms. The summed E-state index contributed by atoms with van der Waals surface area (Å²) in [6.07, 6.45) is 0. The van der Waals surface area contributed by atoms with Gasteiger partial charge in [-0.05, 0) is 0 Å². The minimum absolute atomic E-state index is 0.0139. The van der Waals surface area contributed by atoms with E-state index in [-0.39, 0.29) is 19.2 Å². The van der Waals surface area contributed by atoms with Gasteiger partial charge in [0, 0.05) is 0 Å². The van der Waals surface area contributed by atoms with Gasteiger partial charge in [-0.15, -0.1) is 0 Å². The summed E-state index contributed by atoms with van der Waals surface area (Å²) in [5.74, 6) is -0.207. The van der Waals surface area contributed by atoms with Gasteiger partial charge in [0.05, 0.1) is 6.54 Å². The molecule has 48 valence electrons. The van der Waals surface area contributed by atoms with E-state index in [1.807, 2.05) is 0 Å². The fourth-order valence-electron chi connectivity index (χ4n) is 0.180. The molecule has 0 aliphatic heterocycles. The molecule has 0 heterocycles. The highest BCUT2D eigenvalue weighted by atomic mass is 127. The van der Waals surface area contributed by atoms with Crippen molar-refractivity contribution >= 4 is 28.9 Å². The van der Waals surface area contributed by atoms with Gasteiger partial charge in [0.2, 0.25) is 5.91 Å². The second-order valence-electron chi connectivity index (χ2n) is 1.06. The molecule has 0 radical (unpaired) electrons. The van der Waals surface area contributed by atoms with Crippen LogP contribution in [0.2, 0.25) is 0 Å². The van der Waals surface area contributed by atoms with Gasteiger partial charge in [0.15, 0.2) is 0 Å². The number of nitrogens with two attached hydrogens (primary N) is 1. The molecule has 0 aliphatic rings. The summed E-state index contributed by atoms with van der Waals surface area (Å²) in [5, 5.41) is 2.39. The van der Waals surface area contributed by atoms with Crippen LogP contribution in [-0.4, -0.2) is 19.2 Å². The van der Waals surface area contributed by atoms with E-state index < -0.39 is 0 Å². The molecule has 0 aromatic carbocycles. The first-order valence-electron chi connectivity index (χ1n) is 2.01. The van der Waals surface area contributed by atoms with Crippen molar-refractivity contribution < 1.29 is 7.86 Å². The summed E-state index contributed by atoms with van der Waals surface area (Å²) in [5.41, 5.74) is 4.94. The Balaban J connectivity index is 2.99. The molecule has 0 unspecified atom stereocenters. The Morgan fingerprint density at radius 1 is 1.88 bits per heavy atom. The number of hydrogen-bond donors (Lipinski definition) is 2. The lowest BCUT2D eigenvalue weighted by Crippen LogP contribution is -2.30. The van der Waals surface area contributed by atoms with Crippen molar-refractivity contribution in [1.29, 1.82) is 0 Å². The Bertz CT molecular complexity index is 77.7. The van der Waals surface area contributed by atoms with Crippen molar-refractivity contribution in [3.05, 3.63) is 0 Å². The van der Waals surface area contributed by atoms with Gasteiger partial charge in [-0.3, -0.25) is 7.86 Å². The minimum atomic E-state index is -0.207. The lowest BCUT2D eigenvalue weighted by Gasteiger charge is -1.96. The Kier molecular flexibility index (Phi) is 5.34. The number of amides is 1. The van der Waals surface area contributed by atoms with E-state index in [4.69, 9.17) is 5.73 Å². The van der Waals surface area contributed by atoms with E-state index in [9.17, 15) is 4.79 Å². The molecule has 0 spiro atoms. The van der Waals surface area contributed by atoms with Crippen LogP contribution >= 0.6 is 23.0 Å². The van der Waals surface area contributed by atoms with Crippen LogP contribution < -0.4 is 11.1 Å². The average molecular weight is 230 g/mol. The predicted octanol–water partition coefficient (Wildman–Crippen LogP) is -0.615. The Hall–Kier alpha value is 0.120. The first-order chi connectivity index (χ1) is 3.81. The van der Waals surface area contributed by atoms with E-state index in [0.29, 0.717) is 0 Å². The van der Waals surface area contributed by atoms with E-state index in [0.717, 1.165) is 0 Å². The molecule has 0 fully saturated rings. The second-order valence-corrected chi connectivity index (χ2v) is 1.68. The number of nitrogens with one attached hydrogen (secondary N) is 1. The number of carbonyl (C=O) groups excluding carboxylic acids is 1. The van der Waals surface area contributed by atoms with Crippen LogP contribution in [0.25, 0.3) is 0 Å². The molecule has 0 aromatic rings. The zero-order chi connectivity index (χ0) is 6.41. The first kappa shape index (κ1) is 8.12. The van der Waals surface area contributed by atoms with Gasteiger partial charge in [-0.1, -0.05) is 0 Å². The van der Waals surface area contributed by atoms with Crippen LogP contribution in [0.15, 0.2) is 0 Å². The van der Waals surface area contributed by atoms with Gasteiger partial charge < -0.3 is 11.1 Å². The zero-order valence-corrected chi connectivity index (χ0v) is 6.34. The fourth-order valence-corrected chi connectivity index (χ4v) is 0.336. The zero-order valence-electron chi connectivity index (χ0n) is 4.19. The third-order valence-corrected chi connectivity index (χ3v) is 0.821. The maximum atomic E-state index is 10.3. The Morgan fingerprint density at radius 2 is 2.50 bits per heavy atom. The highest BCUT2D eigenvalue weighted by Crippen LogP contribution is 1.78. The van der Waals surface area contributed by atoms with E-state index >= 15 is 0 Å². The predicted molar refractivity (Wildman–Crippen MR) is 37.2 cm³/mol. The standard InChI is InChI=1S/C3H7IN2O2/c4-8-2-6-3(7)1-5/h1-2,5H2,(H,6,7). The molecule has 0 atom stereocenters. The topological polar surface area (TPSA) is 64.4 Å². The lowest BCUT2D eigenvalue weighted by molar-refractivity contribution is -0.120. The molecular formula is C3H7IN2O2. The summed E-state index contributed by atoms with van der Waals surface area (Å²) in [4.78, 5) is 10.3. The summed E-state index contributed by atoms with van der Waals surface area (Å²) in [6.45, 7) is 0.233. The number of halogens is 1. The maximum Gasteiger partial charge on any atom is 0.235 e. The van der Waals surface area contributed by atoms with Gasteiger partial charge >= 0.3 is 0 Å². The highest BCUT2D eigenvalue weighted by molar-refractivity contribution is 14.1. The van der Waals surface area contributed by atoms with Crippen molar-refractivity contribution in [3.8, 4) is 0 Å². The van der Waals surface area contributed by atoms with Crippen molar-refractivity contribution in [2.75, 3.05) is 13.3 Å². The van der Waals surface area contributed by atoms with E-state index in [1.165, 1.54) is 0 Å². The van der Waals surface area contributed by atoms with Crippen LogP contribution in [0.5, 0.6) is 0 Å². The lowest BCUT2D eigenvalue weighted by atomic mass is 10.6. The van der Waals surface area contributed by atoms with Gasteiger partial charge in [0.25, 0.3) is 0 Å². The first-order valence-corrected chi connectivity index (χ1v) is 2.89. The van der Waals surface area contributed by atoms with Gasteiger partial charge in [-0.25, -0.2) is 0 Å². The molecule has 0 aliphatic carbocycles. The summed E-state index contributed by atoms with van der Waals surface area (Å²) in [7, 11) is 0. The number of carbonyl (C=O) groups is 1. The largest absolute Gasteiger partial charge is 0.331 e. The summed E-state index contributed by atoms with van der Waals surface area (Å²) >= 11 is 1.68. The maximum absolute atomic E-state index is 10.3. The van der Waals surface area contributed by atoms with Gasteiger partial charge in [-0.2, -0.15) is 0 Å². The quantitative estimate of drug-likeness (QED) is 0.502. The molecule has 4 nitrogen and oxygen atoms in total. The van der Waals surface area contributed by atoms with Crippen molar-refractivity contribution in [1.82, 2.24) is 5.32 Å². The van der Waals surface area contributed by atoms with Crippen LogP contribution in [0.4, 0.5) is 0 Å². The van der Waals surface area contributed by atoms with E-state index in [1.54, 1.807) is 23.0 Å². The number of hydrogen-bond acceptors (Lipinski definition) is 3. The smallest absolute Gasteiger partial charge is 0.235 e. The monoisotopic (exact) mass is 230 g/mol. The van der Waals surface area contributed by atoms with Gasteiger partial charge in [0.1, 0.15) is 29.7 Å². The summed E-state index contributed by atoms with van der Waals surface area (Å²) in [6, 6.07) is 0. The molecular weight excluding hydrogens is 223 g/mol. The molecule has 0 rings (SSSR count). The molecule has 1 amide bonds. The minimum Gasteiger partial charge on any atom is -0.331 e. The normalized spacial score (nSPS) is 8.75. The highest BCUT2D eigenvalue weighted by Gasteiger charge is 1.91. The Morgan fingerprint density at radius 3 is 2.88 bits per heavy atom. The van der Waals surface area contributed by atoms with Crippen LogP contribution in [0, 0.1) is 0 Å². The fraction of sp³-hybridized carbons (Fsp3) is 0.667. The molecule has 0 aromatic heterocycles. The molecule has 5 heteroatoms. The second kappa shape index (κ2) is 5.26. The Labute approximate surface area is 61.4 Å². The summed E-state index contributed by atoms with van der Waals surface area (Å²) < 4.78 is 4.50. The van der Waals surface area contributed by atoms with Crippen LogP contribution in [-0.2, 0) is 7.86 Å². The van der Waals surface area contributed by atoms with Crippen LogP contribution in [0.1, 0.15) is 0 Å².